The van der Waals surface area contributed by atoms with E-state index < -0.39 is 0 Å². The van der Waals surface area contributed by atoms with Gasteiger partial charge in [0.15, 0.2) is 5.96 Å². The predicted octanol–water partition coefficient (Wildman–Crippen LogP) is 2.78. The molecule has 0 bridgehead atoms. The lowest BCUT2D eigenvalue weighted by molar-refractivity contribution is 0.584. The van der Waals surface area contributed by atoms with Gasteiger partial charge in [0.2, 0.25) is 0 Å². The van der Waals surface area contributed by atoms with Crippen molar-refractivity contribution in [1.29, 1.82) is 0 Å². The molecule has 0 fully saturated rings. The maximum atomic E-state index is 5.79. The zero-order valence-corrected chi connectivity index (χ0v) is 14.0. The smallest absolute Gasteiger partial charge is 0.191 e. The highest BCUT2D eigenvalue weighted by Crippen LogP contribution is 2.33. The van der Waals surface area contributed by atoms with Gasteiger partial charge >= 0.3 is 0 Å². The lowest BCUT2D eigenvalue weighted by Crippen LogP contribution is -2.41. The van der Waals surface area contributed by atoms with E-state index in [0.29, 0.717) is 11.1 Å². The number of guanidine groups is 1. The maximum absolute atomic E-state index is 5.79. The molecule has 0 aliphatic heterocycles. The second-order valence-electron chi connectivity index (χ2n) is 5.72. The van der Waals surface area contributed by atoms with Crippen molar-refractivity contribution >= 4 is 17.6 Å². The Balaban J connectivity index is 1.42. The van der Waals surface area contributed by atoms with Gasteiger partial charge in [-0.05, 0) is 35.6 Å². The first kappa shape index (κ1) is 15.8. The highest BCUT2D eigenvalue weighted by Gasteiger charge is 2.25. The van der Waals surface area contributed by atoms with Crippen LogP contribution in [0.5, 0.6) is 0 Å². The number of halogens is 1. The van der Waals surface area contributed by atoms with Crippen LogP contribution in [0.25, 0.3) is 0 Å². The zero-order chi connectivity index (χ0) is 16.1. The summed E-state index contributed by atoms with van der Waals surface area (Å²) in [6.45, 7) is 1.73. The van der Waals surface area contributed by atoms with Crippen molar-refractivity contribution in [2.75, 3.05) is 20.1 Å². The topological polar surface area (TPSA) is 49.3 Å². The fourth-order valence-electron chi connectivity index (χ4n) is 2.86. The van der Waals surface area contributed by atoms with Crippen molar-refractivity contribution in [3.05, 3.63) is 64.4 Å². The first-order valence-corrected chi connectivity index (χ1v) is 8.27. The van der Waals surface area contributed by atoms with Gasteiger partial charge in [0.05, 0.1) is 0 Å². The summed E-state index contributed by atoms with van der Waals surface area (Å²) in [6.07, 6.45) is 3.85. The molecule has 0 spiro atoms. The number of hydrogen-bond donors (Lipinski definition) is 2. The van der Waals surface area contributed by atoms with E-state index in [1.54, 1.807) is 7.05 Å². The van der Waals surface area contributed by atoms with Crippen molar-refractivity contribution in [3.63, 3.8) is 0 Å². The normalized spacial score (nSPS) is 16.4. The molecule has 1 aliphatic rings. The quantitative estimate of drug-likeness (QED) is 0.504. The van der Waals surface area contributed by atoms with Gasteiger partial charge < -0.3 is 10.6 Å². The molecular formula is C18H21ClN4. The van der Waals surface area contributed by atoms with Crippen LogP contribution in [0.2, 0.25) is 5.15 Å². The average Bonchev–Trinajstić information content (AvgIpc) is 2.56. The summed E-state index contributed by atoms with van der Waals surface area (Å²) < 4.78 is 0. The number of nitrogens with zero attached hydrogens (tertiary/aromatic N) is 2. The van der Waals surface area contributed by atoms with Crippen LogP contribution in [0.3, 0.4) is 0 Å². The molecule has 0 radical (unpaired) electrons. The number of nitrogens with one attached hydrogen (secondary N) is 2. The molecule has 1 heterocycles. The summed E-state index contributed by atoms with van der Waals surface area (Å²) in [6, 6.07) is 12.5. The van der Waals surface area contributed by atoms with Crippen molar-refractivity contribution in [3.8, 4) is 0 Å². The van der Waals surface area contributed by atoms with Crippen LogP contribution >= 0.6 is 11.6 Å². The van der Waals surface area contributed by atoms with E-state index in [-0.39, 0.29) is 0 Å². The van der Waals surface area contributed by atoms with Gasteiger partial charge in [-0.3, -0.25) is 4.99 Å². The molecule has 1 unspecified atom stereocenters. The van der Waals surface area contributed by atoms with E-state index in [0.717, 1.165) is 37.5 Å². The van der Waals surface area contributed by atoms with Gasteiger partial charge in [-0.15, -0.1) is 0 Å². The van der Waals surface area contributed by atoms with Crippen LogP contribution in [0.4, 0.5) is 0 Å². The Bertz CT molecular complexity index is 682. The predicted molar refractivity (Wildman–Crippen MR) is 95.2 cm³/mol. The highest BCUT2D eigenvalue weighted by molar-refractivity contribution is 6.29. The van der Waals surface area contributed by atoms with Gasteiger partial charge in [0.25, 0.3) is 0 Å². The second kappa shape index (κ2) is 7.47. The molecule has 0 saturated heterocycles. The third-order valence-corrected chi connectivity index (χ3v) is 4.42. The van der Waals surface area contributed by atoms with Crippen LogP contribution in [-0.4, -0.2) is 31.1 Å². The molecule has 5 heteroatoms. The highest BCUT2D eigenvalue weighted by atomic mass is 35.5. The van der Waals surface area contributed by atoms with Crippen molar-refractivity contribution < 1.29 is 0 Å². The number of aromatic nitrogens is 1. The van der Waals surface area contributed by atoms with Gasteiger partial charge in [-0.25, -0.2) is 4.98 Å². The monoisotopic (exact) mass is 328 g/mol. The van der Waals surface area contributed by atoms with Gasteiger partial charge in [0.1, 0.15) is 5.15 Å². The lowest BCUT2D eigenvalue weighted by Gasteiger charge is -2.30. The molecule has 120 valence electrons. The molecule has 23 heavy (non-hydrogen) atoms. The minimum absolute atomic E-state index is 0.528. The van der Waals surface area contributed by atoms with Gasteiger partial charge in [-0.1, -0.05) is 41.9 Å². The summed E-state index contributed by atoms with van der Waals surface area (Å²) in [5, 5.41) is 7.28. The molecule has 1 aliphatic carbocycles. The number of rotatable bonds is 5. The zero-order valence-electron chi connectivity index (χ0n) is 13.2. The summed E-state index contributed by atoms with van der Waals surface area (Å²) in [5.41, 5.74) is 4.09. The number of hydrogen-bond acceptors (Lipinski definition) is 2. The van der Waals surface area contributed by atoms with E-state index in [9.17, 15) is 0 Å². The minimum Gasteiger partial charge on any atom is -0.356 e. The van der Waals surface area contributed by atoms with Crippen LogP contribution in [-0.2, 0) is 12.8 Å². The third kappa shape index (κ3) is 4.02. The molecule has 1 aromatic carbocycles. The summed E-state index contributed by atoms with van der Waals surface area (Å²) in [7, 11) is 1.80. The maximum Gasteiger partial charge on any atom is 0.191 e. The van der Waals surface area contributed by atoms with Gasteiger partial charge in [-0.2, -0.15) is 0 Å². The molecule has 0 amide bonds. The first-order valence-electron chi connectivity index (χ1n) is 7.89. The average molecular weight is 329 g/mol. The molecule has 2 aromatic rings. The van der Waals surface area contributed by atoms with Crippen LogP contribution < -0.4 is 10.6 Å². The van der Waals surface area contributed by atoms with Crippen molar-refractivity contribution in [2.45, 2.75) is 18.8 Å². The summed E-state index contributed by atoms with van der Waals surface area (Å²) in [4.78, 5) is 8.37. The Kier molecular flexibility index (Phi) is 5.13. The van der Waals surface area contributed by atoms with Crippen LogP contribution in [0, 0.1) is 0 Å². The molecule has 3 rings (SSSR count). The van der Waals surface area contributed by atoms with Crippen LogP contribution in [0.15, 0.2) is 47.6 Å². The van der Waals surface area contributed by atoms with Crippen molar-refractivity contribution in [2.24, 2.45) is 4.99 Å². The lowest BCUT2D eigenvalue weighted by atomic mass is 9.78. The van der Waals surface area contributed by atoms with E-state index >= 15 is 0 Å². The number of pyridine rings is 1. The molecule has 4 nitrogen and oxygen atoms in total. The SMILES string of the molecule is CN=C(NCCc1ccc(Cl)nc1)NCC1Cc2ccccc21. The Labute approximate surface area is 142 Å². The fourth-order valence-corrected chi connectivity index (χ4v) is 2.98. The molecule has 1 aromatic heterocycles. The molecule has 0 saturated carbocycles. The van der Waals surface area contributed by atoms with Crippen LogP contribution in [0.1, 0.15) is 22.6 Å². The number of aliphatic imine (C=N–C) groups is 1. The Morgan fingerprint density at radius 3 is 2.87 bits per heavy atom. The number of fused-ring (bicyclic) bond motifs is 1. The van der Waals surface area contributed by atoms with E-state index in [4.69, 9.17) is 11.6 Å². The summed E-state index contributed by atoms with van der Waals surface area (Å²) in [5.74, 6) is 1.43. The molecule has 1 atom stereocenters. The third-order valence-electron chi connectivity index (χ3n) is 4.20. The van der Waals surface area contributed by atoms with Gasteiger partial charge in [0, 0.05) is 32.3 Å². The van der Waals surface area contributed by atoms with E-state index in [1.165, 1.54) is 11.1 Å². The molecule has 2 N–H and O–H groups in total. The van der Waals surface area contributed by atoms with Crippen molar-refractivity contribution in [1.82, 2.24) is 15.6 Å². The molecular weight excluding hydrogens is 308 g/mol. The minimum atomic E-state index is 0.528. The largest absolute Gasteiger partial charge is 0.356 e. The Morgan fingerprint density at radius 1 is 1.26 bits per heavy atom. The fraction of sp³-hybridized carbons (Fsp3) is 0.333. The first-order chi connectivity index (χ1) is 11.3. The second-order valence-corrected chi connectivity index (χ2v) is 6.11. The van der Waals surface area contributed by atoms with E-state index in [2.05, 4.69) is 44.9 Å². The Morgan fingerprint density at radius 2 is 2.13 bits per heavy atom. The van der Waals surface area contributed by atoms with E-state index in [1.807, 2.05) is 18.3 Å². The Hall–Kier alpha value is -2.07. The number of benzene rings is 1. The standard InChI is InChI=1S/C18H21ClN4/c1-20-18(21-9-8-13-6-7-17(19)22-11-13)23-12-15-10-14-4-2-3-5-16(14)15/h2-7,11,15H,8-10,12H2,1H3,(H2,20,21,23). The summed E-state index contributed by atoms with van der Waals surface area (Å²) >= 11 is 5.79.